The van der Waals surface area contributed by atoms with E-state index < -0.39 is 0 Å². The summed E-state index contributed by atoms with van der Waals surface area (Å²) in [6.45, 7) is 13.6. The van der Waals surface area contributed by atoms with Crippen molar-refractivity contribution < 1.29 is 0 Å². The molecule has 2 heterocycles. The molecule has 3 aliphatic rings. The van der Waals surface area contributed by atoms with Crippen LogP contribution in [0.5, 0.6) is 0 Å². The number of hydrogen-bond acceptors (Lipinski definition) is 1. The second-order valence-electron chi connectivity index (χ2n) is 8.21. The highest BCUT2D eigenvalue weighted by atomic mass is 15.1. The number of anilines is 1. The van der Waals surface area contributed by atoms with Gasteiger partial charge in [0.2, 0.25) is 0 Å². The van der Waals surface area contributed by atoms with Gasteiger partial charge in [0.1, 0.15) is 0 Å². The molecule has 1 heteroatoms. The summed E-state index contributed by atoms with van der Waals surface area (Å²) in [6, 6.07) is 4.91. The van der Waals surface area contributed by atoms with Crippen molar-refractivity contribution in [1.82, 2.24) is 0 Å². The van der Waals surface area contributed by atoms with E-state index in [2.05, 4.69) is 44.4 Å². The zero-order valence-electron chi connectivity index (χ0n) is 15.8. The van der Waals surface area contributed by atoms with Gasteiger partial charge in [0.15, 0.2) is 0 Å². The summed E-state index contributed by atoms with van der Waals surface area (Å²) in [5.41, 5.74) is 13.7. The predicted octanol–water partition coefficient (Wildman–Crippen LogP) is 3.54. The number of benzene rings is 2. The minimum Gasteiger partial charge on any atom is -0.371 e. The van der Waals surface area contributed by atoms with Crippen molar-refractivity contribution in [3.63, 3.8) is 0 Å². The lowest BCUT2D eigenvalue weighted by molar-refractivity contribution is 0.630. The average molecular weight is 329 g/mol. The lowest BCUT2D eigenvalue weighted by Gasteiger charge is -2.39. The van der Waals surface area contributed by atoms with Gasteiger partial charge in [-0.05, 0) is 114 Å². The molecule has 0 atom stereocenters. The van der Waals surface area contributed by atoms with Gasteiger partial charge < -0.3 is 4.90 Å². The summed E-state index contributed by atoms with van der Waals surface area (Å²) in [6.07, 6.45) is 6.22. The standard InChI is InChI=1S/C24H27N/c1-14-11-20-17(4)21-12-18-7-5-9-25-10-6-8-19(24(18)25)23(21)13-22(20)16(3)15(14)2/h11-12H,2,5-10,13H2,1,3-4H3. The molecule has 0 aromatic heterocycles. The molecule has 0 N–H and O–H groups in total. The summed E-state index contributed by atoms with van der Waals surface area (Å²) in [5, 5.41) is 2.69. The van der Waals surface area contributed by atoms with E-state index >= 15 is 0 Å². The smallest absolute Gasteiger partial charge is 0.0434 e. The van der Waals surface area contributed by atoms with Crippen molar-refractivity contribution >= 4 is 17.8 Å². The first kappa shape index (κ1) is 15.3. The Morgan fingerprint density at radius 3 is 2.48 bits per heavy atom. The molecule has 0 saturated heterocycles. The van der Waals surface area contributed by atoms with Crippen LogP contribution in [0.25, 0.3) is 12.2 Å². The highest BCUT2D eigenvalue weighted by Crippen LogP contribution is 2.41. The van der Waals surface area contributed by atoms with Gasteiger partial charge in [0.25, 0.3) is 0 Å². The van der Waals surface area contributed by atoms with Gasteiger partial charge in [-0.3, -0.25) is 0 Å². The van der Waals surface area contributed by atoms with E-state index in [0.29, 0.717) is 0 Å². The molecule has 0 bridgehead atoms. The third-order valence-corrected chi connectivity index (χ3v) is 6.87. The zero-order chi connectivity index (χ0) is 17.3. The monoisotopic (exact) mass is 329 g/mol. The minimum atomic E-state index is 1.09. The van der Waals surface area contributed by atoms with Gasteiger partial charge in [-0.15, -0.1) is 0 Å². The van der Waals surface area contributed by atoms with Crippen molar-refractivity contribution in [2.45, 2.75) is 52.9 Å². The summed E-state index contributed by atoms with van der Waals surface area (Å²) >= 11 is 0. The predicted molar refractivity (Wildman–Crippen MR) is 107 cm³/mol. The quantitative estimate of drug-likeness (QED) is 0.715. The van der Waals surface area contributed by atoms with E-state index in [9.17, 15) is 0 Å². The highest BCUT2D eigenvalue weighted by Gasteiger charge is 2.29. The Kier molecular flexibility index (Phi) is 3.20. The Morgan fingerprint density at radius 2 is 1.68 bits per heavy atom. The molecule has 25 heavy (non-hydrogen) atoms. The molecule has 1 nitrogen and oxygen atoms in total. The third kappa shape index (κ3) is 2.02. The fourth-order valence-corrected chi connectivity index (χ4v) is 5.42. The minimum absolute atomic E-state index is 1.09. The van der Waals surface area contributed by atoms with Crippen LogP contribution in [0.15, 0.2) is 12.1 Å². The number of aryl methyl sites for hydroxylation is 2. The SMILES string of the molecule is C=c1c(C)cc2c(c1C)Cc1c(cc3c4c1CCCN4CCC3)C=2C. The van der Waals surface area contributed by atoms with Crippen molar-refractivity contribution in [3.05, 3.63) is 61.5 Å². The lowest BCUT2D eigenvalue weighted by Crippen LogP contribution is -2.36. The molecular formula is C24H27N. The van der Waals surface area contributed by atoms with Crippen LogP contribution in [0.2, 0.25) is 0 Å². The van der Waals surface area contributed by atoms with Crippen LogP contribution in [0.4, 0.5) is 5.69 Å². The molecule has 2 aromatic rings. The molecular weight excluding hydrogens is 302 g/mol. The fourth-order valence-electron chi connectivity index (χ4n) is 5.42. The first-order valence-corrected chi connectivity index (χ1v) is 9.78. The first-order chi connectivity index (χ1) is 12.1. The van der Waals surface area contributed by atoms with Gasteiger partial charge in [0, 0.05) is 18.8 Å². The normalized spacial score (nSPS) is 17.9. The van der Waals surface area contributed by atoms with Gasteiger partial charge >= 0.3 is 0 Å². The largest absolute Gasteiger partial charge is 0.371 e. The van der Waals surface area contributed by atoms with Crippen LogP contribution >= 0.6 is 0 Å². The van der Waals surface area contributed by atoms with Crippen molar-refractivity contribution in [3.8, 4) is 0 Å². The molecule has 1 aliphatic carbocycles. The van der Waals surface area contributed by atoms with Crippen molar-refractivity contribution in [2.24, 2.45) is 0 Å². The summed E-state index contributed by atoms with van der Waals surface area (Å²) in [7, 11) is 0. The Labute approximate surface area is 150 Å². The van der Waals surface area contributed by atoms with Crippen LogP contribution < -0.4 is 15.3 Å². The maximum absolute atomic E-state index is 4.33. The Morgan fingerprint density at radius 1 is 0.920 bits per heavy atom. The topological polar surface area (TPSA) is 3.24 Å². The molecule has 5 rings (SSSR count). The van der Waals surface area contributed by atoms with E-state index in [-0.39, 0.29) is 0 Å². The molecule has 0 unspecified atom stereocenters. The lowest BCUT2D eigenvalue weighted by atomic mass is 9.77. The van der Waals surface area contributed by atoms with E-state index in [1.807, 2.05) is 0 Å². The van der Waals surface area contributed by atoms with Gasteiger partial charge in [-0.1, -0.05) is 12.6 Å². The van der Waals surface area contributed by atoms with Gasteiger partial charge in [-0.25, -0.2) is 0 Å². The number of rotatable bonds is 0. The second kappa shape index (κ2) is 5.24. The molecule has 128 valence electrons. The Hall–Kier alpha value is -2.02. The van der Waals surface area contributed by atoms with Crippen molar-refractivity contribution in [2.75, 3.05) is 18.0 Å². The van der Waals surface area contributed by atoms with Crippen LogP contribution in [0.3, 0.4) is 0 Å². The molecule has 0 amide bonds. The average Bonchev–Trinajstić information content (AvgIpc) is 2.62. The number of nitrogens with zero attached hydrogens (tertiary/aromatic N) is 1. The number of fused-ring (bicyclic) bond motifs is 3. The van der Waals surface area contributed by atoms with E-state index in [1.165, 1.54) is 77.0 Å². The third-order valence-electron chi connectivity index (χ3n) is 6.87. The maximum Gasteiger partial charge on any atom is 0.0434 e. The van der Waals surface area contributed by atoms with Gasteiger partial charge in [0.05, 0.1) is 0 Å². The van der Waals surface area contributed by atoms with Crippen LogP contribution in [0, 0.1) is 13.8 Å². The zero-order valence-corrected chi connectivity index (χ0v) is 15.8. The van der Waals surface area contributed by atoms with Crippen LogP contribution in [0.1, 0.15) is 58.7 Å². The maximum atomic E-state index is 4.33. The van der Waals surface area contributed by atoms with Crippen LogP contribution in [-0.2, 0) is 19.3 Å². The molecule has 2 aromatic carbocycles. The first-order valence-electron chi connectivity index (χ1n) is 9.78. The molecule has 2 aliphatic heterocycles. The summed E-state index contributed by atoms with van der Waals surface area (Å²) in [5.74, 6) is 0. The van der Waals surface area contributed by atoms with E-state index in [1.54, 1.807) is 22.4 Å². The summed E-state index contributed by atoms with van der Waals surface area (Å²) < 4.78 is 0. The second-order valence-corrected chi connectivity index (χ2v) is 8.21. The van der Waals surface area contributed by atoms with Crippen molar-refractivity contribution in [1.29, 1.82) is 0 Å². The molecule has 0 saturated carbocycles. The Balaban J connectivity index is 1.86. The van der Waals surface area contributed by atoms with Gasteiger partial charge in [-0.2, -0.15) is 0 Å². The van der Waals surface area contributed by atoms with Crippen LogP contribution in [-0.4, -0.2) is 13.1 Å². The highest BCUT2D eigenvalue weighted by molar-refractivity contribution is 5.79. The number of hydrogen-bond donors (Lipinski definition) is 0. The fraction of sp³-hybridized carbons (Fsp3) is 0.417. The van der Waals surface area contributed by atoms with E-state index in [4.69, 9.17) is 0 Å². The molecule has 0 radical (unpaired) electrons. The summed E-state index contributed by atoms with van der Waals surface area (Å²) in [4.78, 5) is 2.66. The molecule has 0 fully saturated rings. The molecule has 0 spiro atoms. The van der Waals surface area contributed by atoms with E-state index in [0.717, 1.165) is 6.42 Å². The Bertz CT molecular complexity index is 1020.